The van der Waals surface area contributed by atoms with Crippen molar-refractivity contribution >= 4 is 22.1 Å². The fraction of sp³-hybridized carbons (Fsp3) is 0.222. The summed E-state index contributed by atoms with van der Waals surface area (Å²) in [5, 5.41) is 0. The second-order valence-electron chi connectivity index (χ2n) is 6.06. The number of halogens is 1. The Hall–Kier alpha value is -2.91. The fourth-order valence-electron chi connectivity index (χ4n) is 3.08. The van der Waals surface area contributed by atoms with Crippen LogP contribution in [0.5, 0.6) is 0 Å². The van der Waals surface area contributed by atoms with Gasteiger partial charge in [0.15, 0.2) is 0 Å². The highest BCUT2D eigenvalue weighted by Crippen LogP contribution is 2.34. The van der Waals surface area contributed by atoms with Crippen LogP contribution in [0, 0.1) is 5.82 Å². The van der Waals surface area contributed by atoms with Crippen LogP contribution in [0.25, 0.3) is 22.6 Å². The van der Waals surface area contributed by atoms with Crippen molar-refractivity contribution < 1.29 is 13.3 Å². The van der Waals surface area contributed by atoms with Gasteiger partial charge in [0.25, 0.3) is 0 Å². The molecule has 3 heterocycles. The predicted molar refractivity (Wildman–Crippen MR) is 100 cm³/mol. The monoisotopic (exact) mass is 385 g/mol. The zero-order valence-corrected chi connectivity index (χ0v) is 15.0. The Balaban J connectivity index is 1.87. The summed E-state index contributed by atoms with van der Waals surface area (Å²) in [5.41, 5.74) is 8.38. The van der Waals surface area contributed by atoms with Gasteiger partial charge in [0.2, 0.25) is 5.95 Å². The third kappa shape index (κ3) is 3.51. The molecule has 3 aromatic rings. The standard InChI is InChI=1S/C18H16FN5O2S/c19-12-3-1-11(2-4-12)16-17(14-5-7-21-18(20)23-14)24(10-22-16)15-9-13(27-25)6-8-26-15/h1-5,7,10,15H,6,8-9H2,(H2,20,21,23). The Kier molecular flexibility index (Phi) is 4.78. The van der Waals surface area contributed by atoms with Gasteiger partial charge in [0.1, 0.15) is 12.0 Å². The van der Waals surface area contributed by atoms with E-state index in [-0.39, 0.29) is 18.0 Å². The number of anilines is 1. The van der Waals surface area contributed by atoms with Gasteiger partial charge in [-0.3, -0.25) is 0 Å². The lowest BCUT2D eigenvalue weighted by Gasteiger charge is -2.26. The van der Waals surface area contributed by atoms with E-state index >= 15 is 0 Å². The van der Waals surface area contributed by atoms with Crippen LogP contribution in [-0.4, -0.2) is 35.2 Å². The third-order valence-corrected chi connectivity index (χ3v) is 4.96. The molecular formula is C18H16FN5O2S. The third-order valence-electron chi connectivity index (χ3n) is 4.35. The molecular weight excluding hydrogens is 369 g/mol. The molecule has 0 bridgehead atoms. The predicted octanol–water partition coefficient (Wildman–Crippen LogP) is 2.42. The highest BCUT2D eigenvalue weighted by atomic mass is 32.1. The summed E-state index contributed by atoms with van der Waals surface area (Å²) in [5.74, 6) is -0.189. The molecule has 138 valence electrons. The van der Waals surface area contributed by atoms with E-state index < -0.39 is 0 Å². The van der Waals surface area contributed by atoms with E-state index in [0.717, 1.165) is 10.4 Å². The Morgan fingerprint density at radius 1 is 1.22 bits per heavy atom. The van der Waals surface area contributed by atoms with E-state index in [1.54, 1.807) is 30.7 Å². The summed E-state index contributed by atoms with van der Waals surface area (Å²) >= 11 is 0.519. The van der Waals surface area contributed by atoms with Gasteiger partial charge >= 0.3 is 0 Å². The zero-order valence-electron chi connectivity index (χ0n) is 14.2. The Morgan fingerprint density at radius 3 is 2.78 bits per heavy atom. The molecule has 0 saturated carbocycles. The van der Waals surface area contributed by atoms with Gasteiger partial charge in [-0.05, 0) is 30.3 Å². The molecule has 1 aliphatic rings. The van der Waals surface area contributed by atoms with Gasteiger partial charge < -0.3 is 15.0 Å². The minimum atomic E-state index is -0.372. The SMILES string of the molecule is Nc1nccc(-c2c(-c3ccc(F)cc3)ncn2C2CC(=S=O)CCO2)n1. The molecule has 1 aliphatic heterocycles. The molecule has 1 saturated heterocycles. The summed E-state index contributed by atoms with van der Waals surface area (Å²) in [6.45, 7) is 0.463. The van der Waals surface area contributed by atoms with Crippen molar-refractivity contribution in [3.8, 4) is 22.6 Å². The second-order valence-corrected chi connectivity index (χ2v) is 6.80. The Morgan fingerprint density at radius 2 is 2.04 bits per heavy atom. The van der Waals surface area contributed by atoms with Gasteiger partial charge in [0.05, 0.1) is 41.3 Å². The summed E-state index contributed by atoms with van der Waals surface area (Å²) in [6, 6.07) is 7.80. The molecule has 0 radical (unpaired) electrons. The zero-order chi connectivity index (χ0) is 18.8. The lowest BCUT2D eigenvalue weighted by Crippen LogP contribution is -2.24. The smallest absolute Gasteiger partial charge is 0.220 e. The average Bonchev–Trinajstić information content (AvgIpc) is 3.14. The quantitative estimate of drug-likeness (QED) is 0.696. The van der Waals surface area contributed by atoms with Crippen LogP contribution < -0.4 is 5.73 Å². The number of rotatable bonds is 3. The van der Waals surface area contributed by atoms with Crippen molar-refractivity contribution in [1.29, 1.82) is 0 Å². The maximum Gasteiger partial charge on any atom is 0.220 e. The highest BCUT2D eigenvalue weighted by molar-refractivity contribution is 7.66. The number of nitrogen functional groups attached to an aromatic ring is 1. The molecule has 9 heteroatoms. The van der Waals surface area contributed by atoms with Crippen LogP contribution in [0.2, 0.25) is 0 Å². The van der Waals surface area contributed by atoms with Crippen molar-refractivity contribution in [3.63, 3.8) is 0 Å². The molecule has 2 aromatic heterocycles. The van der Waals surface area contributed by atoms with Crippen molar-refractivity contribution in [2.75, 3.05) is 12.3 Å². The molecule has 7 nitrogen and oxygen atoms in total. The minimum absolute atomic E-state index is 0.136. The number of nitrogens with zero attached hydrogens (tertiary/aromatic N) is 4. The summed E-state index contributed by atoms with van der Waals surface area (Å²) in [4.78, 5) is 13.6. The molecule has 27 heavy (non-hydrogen) atoms. The first-order valence-corrected chi connectivity index (χ1v) is 9.07. The topological polar surface area (TPSA) is 95.9 Å². The lowest BCUT2D eigenvalue weighted by atomic mass is 10.1. The molecule has 0 amide bonds. The summed E-state index contributed by atoms with van der Waals surface area (Å²) < 4.78 is 32.3. The van der Waals surface area contributed by atoms with Gasteiger partial charge in [-0.2, -0.15) is 0 Å². The maximum absolute atomic E-state index is 13.3. The number of benzene rings is 1. The average molecular weight is 385 g/mol. The van der Waals surface area contributed by atoms with E-state index in [4.69, 9.17) is 10.5 Å². The van der Waals surface area contributed by atoms with E-state index in [2.05, 4.69) is 15.0 Å². The van der Waals surface area contributed by atoms with Crippen LogP contribution >= 0.6 is 0 Å². The van der Waals surface area contributed by atoms with Gasteiger partial charge in [-0.1, -0.05) is 0 Å². The molecule has 2 N–H and O–H groups in total. The van der Waals surface area contributed by atoms with E-state index in [9.17, 15) is 8.60 Å². The first kappa shape index (κ1) is 17.5. The maximum atomic E-state index is 13.3. The number of ether oxygens (including phenoxy) is 1. The molecule has 0 spiro atoms. The molecule has 0 aliphatic carbocycles. The van der Waals surface area contributed by atoms with Crippen molar-refractivity contribution in [1.82, 2.24) is 19.5 Å². The van der Waals surface area contributed by atoms with Gasteiger partial charge in [0, 0.05) is 29.5 Å². The molecule has 1 fully saturated rings. The van der Waals surface area contributed by atoms with Gasteiger partial charge in [-0.15, -0.1) is 0 Å². The van der Waals surface area contributed by atoms with E-state index in [0.29, 0.717) is 47.8 Å². The summed E-state index contributed by atoms with van der Waals surface area (Å²) in [7, 11) is 0. The minimum Gasteiger partial charge on any atom is -0.368 e. The van der Waals surface area contributed by atoms with Crippen LogP contribution in [0.15, 0.2) is 42.9 Å². The van der Waals surface area contributed by atoms with E-state index in [1.165, 1.54) is 12.1 Å². The molecule has 1 unspecified atom stereocenters. The van der Waals surface area contributed by atoms with Crippen LogP contribution in [0.4, 0.5) is 10.3 Å². The Labute approximate surface area is 158 Å². The number of aromatic nitrogens is 4. The largest absolute Gasteiger partial charge is 0.368 e. The highest BCUT2D eigenvalue weighted by Gasteiger charge is 2.26. The fourth-order valence-corrected chi connectivity index (χ4v) is 3.45. The number of imidazole rings is 1. The summed E-state index contributed by atoms with van der Waals surface area (Å²) in [6.07, 6.45) is 3.97. The number of nitrogens with two attached hydrogens (primary N) is 1. The normalized spacial score (nSPS) is 17.1. The van der Waals surface area contributed by atoms with E-state index in [1.807, 2.05) is 4.57 Å². The van der Waals surface area contributed by atoms with Crippen molar-refractivity contribution in [2.24, 2.45) is 0 Å². The van der Waals surface area contributed by atoms with Gasteiger partial charge in [-0.25, -0.2) is 23.6 Å². The van der Waals surface area contributed by atoms with Crippen molar-refractivity contribution in [2.45, 2.75) is 19.1 Å². The first-order chi connectivity index (χ1) is 13.2. The molecule has 1 atom stereocenters. The number of hydrogen-bond acceptors (Lipinski definition) is 6. The second kappa shape index (κ2) is 7.37. The molecule has 4 rings (SSSR count). The Bertz CT molecular complexity index is 1030. The van der Waals surface area contributed by atoms with Crippen LogP contribution in [0.3, 0.4) is 0 Å². The lowest BCUT2D eigenvalue weighted by molar-refractivity contribution is 0.00167. The first-order valence-electron chi connectivity index (χ1n) is 8.33. The van der Waals surface area contributed by atoms with Crippen LogP contribution in [0.1, 0.15) is 19.1 Å². The molecule has 1 aromatic carbocycles. The number of hydrogen-bond donors (Lipinski definition) is 1. The van der Waals surface area contributed by atoms with Crippen molar-refractivity contribution in [3.05, 3.63) is 48.7 Å². The van der Waals surface area contributed by atoms with Crippen LogP contribution in [-0.2, 0) is 16.0 Å².